The molecule has 2 aromatic rings. The van der Waals surface area contributed by atoms with E-state index >= 15 is 0 Å². The third-order valence-electron chi connectivity index (χ3n) is 2.56. The summed E-state index contributed by atoms with van der Waals surface area (Å²) in [5, 5.41) is 20.1. The lowest BCUT2D eigenvalue weighted by Crippen LogP contribution is -2.14. The van der Waals surface area contributed by atoms with Crippen molar-refractivity contribution in [1.29, 1.82) is 0 Å². The smallest absolute Gasteiger partial charge is 0.273 e. The minimum absolute atomic E-state index is 0.288. The molecule has 2 rings (SSSR count). The highest BCUT2D eigenvalue weighted by molar-refractivity contribution is 7.92. The van der Waals surface area contributed by atoms with Gasteiger partial charge in [0.05, 0.1) is 16.7 Å². The summed E-state index contributed by atoms with van der Waals surface area (Å²) in [6, 6.07) is 7.53. The molecule has 21 heavy (non-hydrogen) atoms. The number of hydrogen-bond acceptors (Lipinski definition) is 5. The Kier molecular flexibility index (Phi) is 3.76. The van der Waals surface area contributed by atoms with Crippen molar-refractivity contribution < 1.29 is 22.8 Å². The second-order valence-electron chi connectivity index (χ2n) is 3.99. The van der Waals surface area contributed by atoms with Crippen LogP contribution in [0.25, 0.3) is 0 Å². The van der Waals surface area contributed by atoms with Gasteiger partial charge in [0.1, 0.15) is 16.5 Å². The van der Waals surface area contributed by atoms with Crippen LogP contribution in [0.3, 0.4) is 0 Å². The molecular weight excluding hydrogens is 303 g/mol. The molecule has 0 atom stereocenters. The van der Waals surface area contributed by atoms with E-state index in [0.717, 1.165) is 30.3 Å². The first-order valence-electron chi connectivity index (χ1n) is 5.56. The number of non-ortho nitro benzene ring substituents is 1. The number of rotatable bonds is 4. The first-order chi connectivity index (χ1) is 9.81. The molecule has 0 spiro atoms. The number of sulfonamides is 1. The molecule has 0 aliphatic heterocycles. The van der Waals surface area contributed by atoms with Crippen LogP contribution >= 0.6 is 0 Å². The fourth-order valence-corrected chi connectivity index (χ4v) is 2.74. The Bertz CT molecular complexity index is 807. The van der Waals surface area contributed by atoms with Gasteiger partial charge in [-0.1, -0.05) is 12.1 Å². The van der Waals surface area contributed by atoms with E-state index in [1.54, 1.807) is 0 Å². The van der Waals surface area contributed by atoms with Gasteiger partial charge in [-0.05, 0) is 18.2 Å². The topological polar surface area (TPSA) is 110 Å². The van der Waals surface area contributed by atoms with Gasteiger partial charge in [-0.2, -0.15) is 0 Å². The van der Waals surface area contributed by atoms with E-state index < -0.39 is 37.1 Å². The van der Waals surface area contributed by atoms with Crippen molar-refractivity contribution in [2.45, 2.75) is 4.90 Å². The number of halogens is 1. The summed E-state index contributed by atoms with van der Waals surface area (Å²) in [6.45, 7) is 0. The van der Waals surface area contributed by atoms with Crippen molar-refractivity contribution in [3.05, 3.63) is 58.4 Å². The fraction of sp³-hybridized carbons (Fsp3) is 0. The van der Waals surface area contributed by atoms with Gasteiger partial charge in [0.15, 0.2) is 0 Å². The van der Waals surface area contributed by atoms with Crippen molar-refractivity contribution in [2.24, 2.45) is 0 Å². The van der Waals surface area contributed by atoms with Gasteiger partial charge in [0, 0.05) is 6.07 Å². The lowest BCUT2D eigenvalue weighted by molar-refractivity contribution is -0.384. The number of hydrogen-bond donors (Lipinski definition) is 2. The van der Waals surface area contributed by atoms with E-state index in [1.807, 2.05) is 4.72 Å². The summed E-state index contributed by atoms with van der Waals surface area (Å²) in [5.74, 6) is -1.59. The molecule has 2 aromatic carbocycles. The van der Waals surface area contributed by atoms with E-state index in [4.69, 9.17) is 0 Å². The molecule has 7 nitrogen and oxygen atoms in total. The lowest BCUT2D eigenvalue weighted by atomic mass is 10.2. The Labute approximate surface area is 118 Å². The summed E-state index contributed by atoms with van der Waals surface area (Å²) in [7, 11) is -4.25. The van der Waals surface area contributed by atoms with Crippen molar-refractivity contribution in [3.63, 3.8) is 0 Å². The Hall–Kier alpha value is -2.68. The molecule has 0 aliphatic carbocycles. The van der Waals surface area contributed by atoms with E-state index in [-0.39, 0.29) is 5.69 Å². The number of nitrogens with one attached hydrogen (secondary N) is 1. The summed E-state index contributed by atoms with van der Waals surface area (Å²) in [5.41, 5.74) is -0.690. The molecule has 0 unspecified atom stereocenters. The van der Waals surface area contributed by atoms with Crippen LogP contribution in [0.15, 0.2) is 47.4 Å². The first kappa shape index (κ1) is 14.7. The molecule has 110 valence electrons. The first-order valence-corrected chi connectivity index (χ1v) is 7.04. The third-order valence-corrected chi connectivity index (χ3v) is 3.96. The zero-order chi connectivity index (χ0) is 15.6. The molecule has 0 saturated heterocycles. The fourth-order valence-electron chi connectivity index (χ4n) is 1.58. The van der Waals surface area contributed by atoms with Crippen LogP contribution in [0.2, 0.25) is 0 Å². The van der Waals surface area contributed by atoms with Crippen LogP contribution in [0, 0.1) is 15.9 Å². The zero-order valence-electron chi connectivity index (χ0n) is 10.4. The summed E-state index contributed by atoms with van der Waals surface area (Å²) >= 11 is 0. The Balaban J connectivity index is 2.38. The Morgan fingerprint density at radius 1 is 1.19 bits per heavy atom. The molecule has 0 bridgehead atoms. The number of nitro benzene ring substituents is 1. The molecular formula is C12H9FN2O5S. The largest absolute Gasteiger partial charge is 0.505 e. The highest BCUT2D eigenvalue weighted by Gasteiger charge is 2.20. The van der Waals surface area contributed by atoms with Gasteiger partial charge in [0.2, 0.25) is 0 Å². The summed E-state index contributed by atoms with van der Waals surface area (Å²) in [4.78, 5) is 9.19. The number of benzene rings is 2. The maximum Gasteiger partial charge on any atom is 0.273 e. The van der Waals surface area contributed by atoms with Gasteiger partial charge in [-0.15, -0.1) is 0 Å². The molecule has 0 heterocycles. The van der Waals surface area contributed by atoms with Gasteiger partial charge in [-0.25, -0.2) is 12.8 Å². The third kappa shape index (κ3) is 3.08. The molecule has 0 amide bonds. The van der Waals surface area contributed by atoms with Crippen molar-refractivity contribution in [1.82, 2.24) is 0 Å². The lowest BCUT2D eigenvalue weighted by Gasteiger charge is -2.10. The second-order valence-corrected chi connectivity index (χ2v) is 5.65. The average molecular weight is 312 g/mol. The van der Waals surface area contributed by atoms with Crippen molar-refractivity contribution >= 4 is 21.4 Å². The maximum absolute atomic E-state index is 13.5. The van der Waals surface area contributed by atoms with Crippen LogP contribution in [0.5, 0.6) is 5.75 Å². The van der Waals surface area contributed by atoms with E-state index in [2.05, 4.69) is 0 Å². The number of aromatic hydroxyl groups is 1. The molecule has 2 N–H and O–H groups in total. The number of phenolic OH excluding ortho intramolecular Hbond substituents is 1. The predicted octanol–water partition coefficient (Wildman–Crippen LogP) is 2.24. The SMILES string of the molecule is O=[N+]([O-])c1ccc(NS(=O)(=O)c2ccccc2F)c(O)c1. The highest BCUT2D eigenvalue weighted by Crippen LogP contribution is 2.30. The standard InChI is InChI=1S/C12H9FN2O5S/c13-9-3-1-2-4-12(9)21(19,20)14-10-6-5-8(15(17)18)7-11(10)16/h1-7,14,16H. The summed E-state index contributed by atoms with van der Waals surface area (Å²) in [6.07, 6.45) is 0. The molecule has 0 fully saturated rings. The molecule has 9 heteroatoms. The molecule has 0 aromatic heterocycles. The predicted molar refractivity (Wildman–Crippen MR) is 72.0 cm³/mol. The van der Waals surface area contributed by atoms with E-state index in [0.29, 0.717) is 0 Å². The van der Waals surface area contributed by atoms with Crippen molar-refractivity contribution in [2.75, 3.05) is 4.72 Å². The Morgan fingerprint density at radius 3 is 2.43 bits per heavy atom. The molecule has 0 radical (unpaired) electrons. The highest BCUT2D eigenvalue weighted by atomic mass is 32.2. The number of nitro groups is 1. The van der Waals surface area contributed by atoms with Gasteiger partial charge in [0.25, 0.3) is 15.7 Å². The quantitative estimate of drug-likeness (QED) is 0.511. The number of nitrogens with zero attached hydrogens (tertiary/aromatic N) is 1. The van der Waals surface area contributed by atoms with Crippen LogP contribution in [-0.2, 0) is 10.0 Å². The van der Waals surface area contributed by atoms with E-state index in [1.165, 1.54) is 12.1 Å². The number of anilines is 1. The minimum atomic E-state index is -4.25. The second kappa shape index (κ2) is 5.37. The van der Waals surface area contributed by atoms with Crippen molar-refractivity contribution in [3.8, 4) is 5.75 Å². The monoisotopic (exact) mass is 312 g/mol. The van der Waals surface area contributed by atoms with Gasteiger partial charge >= 0.3 is 0 Å². The minimum Gasteiger partial charge on any atom is -0.505 e. The van der Waals surface area contributed by atoms with Gasteiger partial charge < -0.3 is 5.11 Å². The van der Waals surface area contributed by atoms with Gasteiger partial charge in [-0.3, -0.25) is 14.8 Å². The van der Waals surface area contributed by atoms with Crippen LogP contribution < -0.4 is 4.72 Å². The maximum atomic E-state index is 13.5. The van der Waals surface area contributed by atoms with Crippen LogP contribution in [0.1, 0.15) is 0 Å². The Morgan fingerprint density at radius 2 is 1.86 bits per heavy atom. The number of phenols is 1. The summed E-state index contributed by atoms with van der Waals surface area (Å²) < 4.78 is 39.5. The average Bonchev–Trinajstić information content (AvgIpc) is 2.41. The molecule has 0 aliphatic rings. The zero-order valence-corrected chi connectivity index (χ0v) is 11.2. The molecule has 0 saturated carbocycles. The van der Waals surface area contributed by atoms with Crippen LogP contribution in [0.4, 0.5) is 15.8 Å². The normalized spacial score (nSPS) is 11.1. The van der Waals surface area contributed by atoms with Crippen LogP contribution in [-0.4, -0.2) is 18.4 Å². The van der Waals surface area contributed by atoms with E-state index in [9.17, 15) is 28.0 Å².